The van der Waals surface area contributed by atoms with Gasteiger partial charge in [-0.2, -0.15) is 0 Å². The zero-order valence-electron chi connectivity index (χ0n) is 11.3. The molecule has 5 nitrogen and oxygen atoms in total. The number of halogens is 3. The second-order valence-electron chi connectivity index (χ2n) is 4.75. The summed E-state index contributed by atoms with van der Waals surface area (Å²) in [5.41, 5.74) is 0.466. The first-order valence-corrected chi connectivity index (χ1v) is 7.10. The second-order valence-corrected chi connectivity index (χ2v) is 5.57. The molecule has 0 amide bonds. The fourth-order valence-corrected chi connectivity index (χ4v) is 2.71. The van der Waals surface area contributed by atoms with E-state index in [9.17, 15) is 14.4 Å². The zero-order valence-corrected chi connectivity index (χ0v) is 12.8. The number of aromatic nitrogens is 1. The molecule has 0 aliphatic carbocycles. The fraction of sp³-hybridized carbons (Fsp3) is 0. The lowest BCUT2D eigenvalue weighted by Gasteiger charge is -2.21. The third-order valence-electron chi connectivity index (χ3n) is 3.35. The molecule has 23 heavy (non-hydrogen) atoms. The summed E-state index contributed by atoms with van der Waals surface area (Å²) in [5, 5.41) is 19.9. The molecule has 3 aromatic rings. The molecule has 0 spiro atoms. The van der Waals surface area contributed by atoms with Crippen molar-refractivity contribution >= 4 is 45.7 Å². The number of fused-ring (bicyclic) bond motifs is 1. The molecule has 0 saturated carbocycles. The molecule has 0 unspecified atom stereocenters. The largest absolute Gasteiger partial charge is 0.733 e. The third kappa shape index (κ3) is 2.77. The van der Waals surface area contributed by atoms with Crippen molar-refractivity contribution in [2.45, 2.75) is 0 Å². The third-order valence-corrected chi connectivity index (χ3v) is 3.96. The number of nitrogens with zero attached hydrogens (tertiary/aromatic N) is 2. The Labute approximate surface area is 139 Å². The van der Waals surface area contributed by atoms with Gasteiger partial charge in [0.1, 0.15) is 5.82 Å². The fourth-order valence-electron chi connectivity index (χ4n) is 2.24. The molecule has 0 aliphatic rings. The minimum Gasteiger partial charge on any atom is -0.733 e. The Balaban J connectivity index is 2.10. The van der Waals surface area contributed by atoms with Crippen LogP contribution in [0.2, 0.25) is 10.0 Å². The molecular weight excluding hydrogens is 346 g/mol. The lowest BCUT2D eigenvalue weighted by Crippen LogP contribution is -2.12. The van der Waals surface area contributed by atoms with E-state index in [1.807, 2.05) is 0 Å². The topological polar surface area (TPSA) is 68.5 Å². The van der Waals surface area contributed by atoms with E-state index < -0.39 is 11.7 Å². The number of benzene rings is 2. The van der Waals surface area contributed by atoms with Gasteiger partial charge in [-0.3, -0.25) is 14.6 Å². The van der Waals surface area contributed by atoms with Crippen LogP contribution in [0.4, 0.5) is 10.1 Å². The van der Waals surface area contributed by atoms with Crippen molar-refractivity contribution in [1.82, 2.24) is 4.57 Å². The molecule has 2 aromatic carbocycles. The molecule has 0 saturated heterocycles. The Morgan fingerprint density at radius 1 is 1.17 bits per heavy atom. The first-order valence-electron chi connectivity index (χ1n) is 6.35. The van der Waals surface area contributed by atoms with Crippen LogP contribution in [0.25, 0.3) is 10.9 Å². The lowest BCUT2D eigenvalue weighted by molar-refractivity contribution is 0.0964. The summed E-state index contributed by atoms with van der Waals surface area (Å²) >= 11 is 11.6. The highest BCUT2D eigenvalue weighted by atomic mass is 35.5. The van der Waals surface area contributed by atoms with Crippen LogP contribution in [0.5, 0.6) is 0 Å². The molecule has 8 heteroatoms. The molecule has 1 heterocycles. The van der Waals surface area contributed by atoms with Gasteiger partial charge in [0.05, 0.1) is 26.8 Å². The quantitative estimate of drug-likeness (QED) is 0.545. The highest BCUT2D eigenvalue weighted by Crippen LogP contribution is 2.27. The molecule has 118 valence electrons. The van der Waals surface area contributed by atoms with Crippen LogP contribution in [0.15, 0.2) is 42.6 Å². The first kappa shape index (κ1) is 15.8. The van der Waals surface area contributed by atoms with Gasteiger partial charge in [0.25, 0.3) is 5.91 Å². The van der Waals surface area contributed by atoms with Crippen molar-refractivity contribution in [3.8, 4) is 0 Å². The zero-order chi connectivity index (χ0) is 16.7. The van der Waals surface area contributed by atoms with Crippen molar-refractivity contribution in [3.63, 3.8) is 0 Å². The van der Waals surface area contributed by atoms with Gasteiger partial charge >= 0.3 is 0 Å². The van der Waals surface area contributed by atoms with Gasteiger partial charge < -0.3 is 10.4 Å². The number of anilines is 1. The van der Waals surface area contributed by atoms with Crippen molar-refractivity contribution in [2.24, 2.45) is 0 Å². The Kier molecular flexibility index (Phi) is 3.99. The molecule has 0 bridgehead atoms. The average Bonchev–Trinajstić information content (AvgIpc) is 2.93. The summed E-state index contributed by atoms with van der Waals surface area (Å²) in [6, 6.07) is 7.97. The predicted octanol–water partition coefficient (Wildman–Crippen LogP) is 4.47. The van der Waals surface area contributed by atoms with Crippen LogP contribution in [0, 0.1) is 11.0 Å². The van der Waals surface area contributed by atoms with Gasteiger partial charge in [-0.25, -0.2) is 4.39 Å². The maximum absolute atomic E-state index is 13.6. The molecule has 1 aromatic heterocycles. The van der Waals surface area contributed by atoms with Crippen LogP contribution >= 0.6 is 23.2 Å². The Morgan fingerprint density at radius 2 is 1.91 bits per heavy atom. The minimum absolute atomic E-state index is 0.0262. The summed E-state index contributed by atoms with van der Waals surface area (Å²) in [5.74, 6) is -1.29. The number of rotatable bonds is 2. The summed E-state index contributed by atoms with van der Waals surface area (Å²) in [4.78, 5) is 12.6. The van der Waals surface area contributed by atoms with Crippen LogP contribution in [-0.4, -0.2) is 15.7 Å². The van der Waals surface area contributed by atoms with Crippen molar-refractivity contribution in [3.05, 3.63) is 69.2 Å². The Hall–Kier alpha value is -2.12. The van der Waals surface area contributed by atoms with Crippen LogP contribution in [0.3, 0.4) is 0 Å². The molecular formula is C15H8Cl2FN2O3-. The first-order chi connectivity index (χ1) is 10.9. The van der Waals surface area contributed by atoms with E-state index in [0.29, 0.717) is 10.9 Å². The van der Waals surface area contributed by atoms with E-state index in [4.69, 9.17) is 28.4 Å². The van der Waals surface area contributed by atoms with E-state index in [-0.39, 0.29) is 26.5 Å². The van der Waals surface area contributed by atoms with Crippen molar-refractivity contribution in [2.75, 3.05) is 5.23 Å². The number of carbonyl (C=O) groups is 1. The SMILES string of the molecule is O=C(c1cc(F)c(Cl)cc1Cl)n1ccc2cc(N([O-])O)ccc21. The molecule has 0 atom stereocenters. The maximum atomic E-state index is 13.6. The van der Waals surface area contributed by atoms with Crippen LogP contribution < -0.4 is 5.23 Å². The second kappa shape index (κ2) is 5.82. The standard InChI is InChI=1S/C15H8Cl2FN2O3/c16-11-7-12(17)13(18)6-10(11)15(21)19-4-3-8-5-9(20(22)23)1-2-14(8)19/h1-7,22H/q-1. The predicted molar refractivity (Wildman–Crippen MR) is 85.7 cm³/mol. The van der Waals surface area contributed by atoms with E-state index in [1.54, 1.807) is 6.07 Å². The number of hydrogen-bond donors (Lipinski definition) is 1. The van der Waals surface area contributed by atoms with E-state index in [2.05, 4.69) is 0 Å². The molecule has 0 fully saturated rings. The van der Waals surface area contributed by atoms with E-state index in [1.165, 1.54) is 29.0 Å². The van der Waals surface area contributed by atoms with E-state index >= 15 is 0 Å². The van der Waals surface area contributed by atoms with Gasteiger partial charge in [0, 0.05) is 11.6 Å². The molecule has 0 radical (unpaired) electrons. The lowest BCUT2D eigenvalue weighted by atomic mass is 10.2. The summed E-state index contributed by atoms with van der Waals surface area (Å²) in [6.07, 6.45) is 1.46. The van der Waals surface area contributed by atoms with Crippen molar-refractivity contribution in [1.29, 1.82) is 0 Å². The highest BCUT2D eigenvalue weighted by molar-refractivity contribution is 6.37. The summed E-state index contributed by atoms with van der Waals surface area (Å²) in [7, 11) is 0. The highest BCUT2D eigenvalue weighted by Gasteiger charge is 2.17. The van der Waals surface area contributed by atoms with Crippen LogP contribution in [0.1, 0.15) is 10.4 Å². The number of hydrogen-bond acceptors (Lipinski definition) is 4. The van der Waals surface area contributed by atoms with Crippen molar-refractivity contribution < 1.29 is 14.4 Å². The average molecular weight is 354 g/mol. The normalized spacial score (nSPS) is 11.0. The summed E-state index contributed by atoms with van der Waals surface area (Å²) < 4.78 is 14.9. The molecule has 1 N–H and O–H groups in total. The van der Waals surface area contributed by atoms with Gasteiger partial charge in [-0.1, -0.05) is 23.2 Å². The van der Waals surface area contributed by atoms with Gasteiger partial charge in [0.2, 0.25) is 0 Å². The summed E-state index contributed by atoms with van der Waals surface area (Å²) in [6.45, 7) is 0. The van der Waals surface area contributed by atoms with Crippen LogP contribution in [-0.2, 0) is 0 Å². The minimum atomic E-state index is -0.750. The van der Waals surface area contributed by atoms with E-state index in [0.717, 1.165) is 12.1 Å². The Morgan fingerprint density at radius 3 is 2.61 bits per heavy atom. The van der Waals surface area contributed by atoms with Gasteiger partial charge in [-0.05, 0) is 36.4 Å². The number of carbonyl (C=O) groups excluding carboxylic acids is 1. The van der Waals surface area contributed by atoms with Gasteiger partial charge in [0.15, 0.2) is 0 Å². The molecule has 0 aliphatic heterocycles. The van der Waals surface area contributed by atoms with Gasteiger partial charge in [-0.15, -0.1) is 0 Å². The maximum Gasteiger partial charge on any atom is 0.263 e. The smallest absolute Gasteiger partial charge is 0.263 e. The molecule has 3 rings (SSSR count). The Bertz CT molecular complexity index is 924. The monoisotopic (exact) mass is 353 g/mol.